The van der Waals surface area contributed by atoms with Gasteiger partial charge in [0.25, 0.3) is 0 Å². The summed E-state index contributed by atoms with van der Waals surface area (Å²) in [7, 11) is -2.16. The van der Waals surface area contributed by atoms with Gasteiger partial charge in [-0.25, -0.2) is 13.1 Å². The normalized spacial score (nSPS) is 11.4. The van der Waals surface area contributed by atoms with Crippen LogP contribution in [0.5, 0.6) is 0 Å². The molecule has 0 spiro atoms. The van der Waals surface area contributed by atoms with Crippen LogP contribution in [0.25, 0.3) is 0 Å². The highest BCUT2D eigenvalue weighted by Crippen LogP contribution is 2.29. The summed E-state index contributed by atoms with van der Waals surface area (Å²) in [4.78, 5) is 11.8. The molecule has 0 fully saturated rings. The fourth-order valence-electron chi connectivity index (χ4n) is 1.02. The third-order valence-electron chi connectivity index (χ3n) is 1.83. The summed E-state index contributed by atoms with van der Waals surface area (Å²) in [5.41, 5.74) is 0. The molecular weight excluding hydrogens is 316 g/mol. The Bertz CT molecular complexity index is 495. The van der Waals surface area contributed by atoms with Crippen LogP contribution in [0.15, 0.2) is 14.7 Å². The minimum absolute atomic E-state index is 0.202. The summed E-state index contributed by atoms with van der Waals surface area (Å²) in [5, 5.41) is 2.34. The van der Waals surface area contributed by atoms with E-state index in [2.05, 4.69) is 26.0 Å². The van der Waals surface area contributed by atoms with Gasteiger partial charge in [-0.1, -0.05) is 0 Å². The highest BCUT2D eigenvalue weighted by Gasteiger charge is 2.19. The first-order chi connectivity index (χ1) is 7.36. The van der Waals surface area contributed by atoms with Gasteiger partial charge in [0, 0.05) is 11.9 Å². The number of halogens is 1. The largest absolute Gasteiger partial charge is 0.358 e. The lowest BCUT2D eigenvalue weighted by Crippen LogP contribution is -2.35. The monoisotopic (exact) mass is 326 g/mol. The fourth-order valence-corrected chi connectivity index (χ4v) is 4.42. The van der Waals surface area contributed by atoms with Gasteiger partial charge in [0.15, 0.2) is 0 Å². The topological polar surface area (TPSA) is 75.3 Å². The summed E-state index contributed by atoms with van der Waals surface area (Å²) >= 11 is 4.55. The lowest BCUT2D eigenvalue weighted by atomic mass is 10.5. The maximum absolute atomic E-state index is 11.8. The van der Waals surface area contributed by atoms with Crippen molar-refractivity contribution in [3.8, 4) is 0 Å². The molecule has 2 N–H and O–H groups in total. The zero-order valence-corrected chi connectivity index (χ0v) is 11.9. The van der Waals surface area contributed by atoms with Crippen molar-refractivity contribution in [2.24, 2.45) is 0 Å². The van der Waals surface area contributed by atoms with Crippen LogP contribution in [-0.4, -0.2) is 27.9 Å². The molecule has 1 heterocycles. The molecule has 0 radical (unpaired) electrons. The summed E-state index contributed by atoms with van der Waals surface area (Å²) in [6, 6.07) is 1.52. The van der Waals surface area contributed by atoms with Gasteiger partial charge in [0.1, 0.15) is 0 Å². The first-order valence-corrected chi connectivity index (χ1v) is 7.42. The molecule has 1 rings (SSSR count). The van der Waals surface area contributed by atoms with Gasteiger partial charge < -0.3 is 5.32 Å². The molecule has 5 nitrogen and oxygen atoms in total. The molecule has 0 bridgehead atoms. The van der Waals surface area contributed by atoms with Crippen LogP contribution >= 0.6 is 27.3 Å². The highest BCUT2D eigenvalue weighted by atomic mass is 79.9. The molecule has 16 heavy (non-hydrogen) atoms. The molecule has 0 atom stereocenters. The number of amides is 1. The van der Waals surface area contributed by atoms with Crippen molar-refractivity contribution >= 4 is 43.2 Å². The molecule has 1 amide bonds. The second-order valence-corrected chi connectivity index (χ2v) is 7.34. The van der Waals surface area contributed by atoms with E-state index in [1.165, 1.54) is 24.5 Å². The Balaban J connectivity index is 2.86. The Labute approximate surface area is 106 Å². The molecule has 0 saturated heterocycles. The van der Waals surface area contributed by atoms with Gasteiger partial charge in [-0.2, -0.15) is 0 Å². The van der Waals surface area contributed by atoms with Crippen LogP contribution < -0.4 is 10.0 Å². The predicted molar refractivity (Wildman–Crippen MR) is 66.0 cm³/mol. The zero-order valence-electron chi connectivity index (χ0n) is 8.70. The predicted octanol–water partition coefficient (Wildman–Crippen LogP) is 0.843. The summed E-state index contributed by atoms with van der Waals surface area (Å²) in [6.07, 6.45) is 0. The van der Waals surface area contributed by atoms with Gasteiger partial charge in [0.2, 0.25) is 15.9 Å². The number of rotatable bonds is 4. The van der Waals surface area contributed by atoms with Crippen molar-refractivity contribution in [3.63, 3.8) is 0 Å². The molecule has 0 aliphatic heterocycles. The molecular formula is C8H11BrN2O3S2. The Hall–Kier alpha value is -0.440. The number of carbonyl (C=O) groups is 1. The molecule has 0 aromatic carbocycles. The van der Waals surface area contributed by atoms with Gasteiger partial charge in [-0.15, -0.1) is 11.3 Å². The van der Waals surface area contributed by atoms with Crippen molar-refractivity contribution in [2.75, 3.05) is 13.6 Å². The number of nitrogens with one attached hydrogen (secondary N) is 2. The van der Waals surface area contributed by atoms with Crippen LogP contribution in [0.1, 0.15) is 4.88 Å². The Morgan fingerprint density at radius 2 is 2.19 bits per heavy atom. The fraction of sp³-hybridized carbons (Fsp3) is 0.375. The van der Waals surface area contributed by atoms with Crippen molar-refractivity contribution in [1.29, 1.82) is 0 Å². The molecule has 1 aromatic rings. The SMILES string of the molecule is CNC(=O)CNS(=O)(=O)c1cc(Br)sc1C. The first kappa shape index (κ1) is 13.6. The van der Waals surface area contributed by atoms with Gasteiger partial charge >= 0.3 is 0 Å². The minimum Gasteiger partial charge on any atom is -0.358 e. The van der Waals surface area contributed by atoms with E-state index in [1.807, 2.05) is 0 Å². The molecule has 0 aliphatic carbocycles. The number of hydrogen-bond acceptors (Lipinski definition) is 4. The number of likely N-dealkylation sites (N-methyl/N-ethyl adjacent to an activating group) is 1. The lowest BCUT2D eigenvalue weighted by Gasteiger charge is -2.04. The van der Waals surface area contributed by atoms with Crippen molar-refractivity contribution in [1.82, 2.24) is 10.0 Å². The van der Waals surface area contributed by atoms with Crippen molar-refractivity contribution in [3.05, 3.63) is 14.7 Å². The molecule has 8 heteroatoms. The van der Waals surface area contributed by atoms with Crippen LogP contribution in [0, 0.1) is 6.92 Å². The van der Waals surface area contributed by atoms with E-state index in [9.17, 15) is 13.2 Å². The van der Waals surface area contributed by atoms with E-state index in [1.54, 1.807) is 6.92 Å². The van der Waals surface area contributed by atoms with Gasteiger partial charge in [0.05, 0.1) is 15.2 Å². The number of aryl methyl sites for hydroxylation is 1. The molecule has 0 unspecified atom stereocenters. The highest BCUT2D eigenvalue weighted by molar-refractivity contribution is 9.11. The Morgan fingerprint density at radius 1 is 1.56 bits per heavy atom. The second-order valence-electron chi connectivity index (χ2n) is 2.97. The quantitative estimate of drug-likeness (QED) is 0.861. The Kier molecular flexibility index (Phi) is 4.48. The third-order valence-corrected chi connectivity index (χ3v) is 5.04. The van der Waals surface area contributed by atoms with Gasteiger partial charge in [-0.05, 0) is 28.9 Å². The molecule has 0 aliphatic rings. The lowest BCUT2D eigenvalue weighted by molar-refractivity contribution is -0.119. The van der Waals surface area contributed by atoms with E-state index in [-0.39, 0.29) is 17.3 Å². The van der Waals surface area contributed by atoms with E-state index in [4.69, 9.17) is 0 Å². The summed E-state index contributed by atoms with van der Waals surface area (Å²) in [6.45, 7) is 1.45. The van der Waals surface area contributed by atoms with Crippen LogP contribution in [0.2, 0.25) is 0 Å². The molecule has 1 aromatic heterocycles. The minimum atomic E-state index is -3.61. The molecule has 0 saturated carbocycles. The maximum atomic E-state index is 11.8. The average molecular weight is 327 g/mol. The van der Waals surface area contributed by atoms with E-state index < -0.39 is 10.0 Å². The number of hydrogen-bond donors (Lipinski definition) is 2. The van der Waals surface area contributed by atoms with Crippen LogP contribution in [0.3, 0.4) is 0 Å². The Morgan fingerprint density at radius 3 is 2.62 bits per heavy atom. The second kappa shape index (κ2) is 5.26. The number of carbonyl (C=O) groups excluding carboxylic acids is 1. The smallest absolute Gasteiger partial charge is 0.242 e. The van der Waals surface area contributed by atoms with E-state index in [0.717, 1.165) is 3.79 Å². The summed E-state index contributed by atoms with van der Waals surface area (Å²) < 4.78 is 26.5. The van der Waals surface area contributed by atoms with Crippen LogP contribution in [0.4, 0.5) is 0 Å². The van der Waals surface area contributed by atoms with E-state index >= 15 is 0 Å². The third kappa shape index (κ3) is 3.27. The number of thiophene rings is 1. The van der Waals surface area contributed by atoms with Crippen molar-refractivity contribution < 1.29 is 13.2 Å². The first-order valence-electron chi connectivity index (χ1n) is 4.33. The molecule has 90 valence electrons. The van der Waals surface area contributed by atoms with Gasteiger partial charge in [-0.3, -0.25) is 4.79 Å². The average Bonchev–Trinajstić information content (AvgIpc) is 2.55. The van der Waals surface area contributed by atoms with Crippen LogP contribution in [-0.2, 0) is 14.8 Å². The van der Waals surface area contributed by atoms with Crippen molar-refractivity contribution in [2.45, 2.75) is 11.8 Å². The zero-order chi connectivity index (χ0) is 12.3. The standard InChI is InChI=1S/C8H11BrN2O3S2/c1-5-6(3-7(9)15-5)16(13,14)11-4-8(12)10-2/h3,11H,4H2,1-2H3,(H,10,12). The van der Waals surface area contributed by atoms with E-state index in [0.29, 0.717) is 4.88 Å². The summed E-state index contributed by atoms with van der Waals surface area (Å²) in [5.74, 6) is -0.379. The maximum Gasteiger partial charge on any atom is 0.242 e. The number of sulfonamides is 1.